The quantitative estimate of drug-likeness (QED) is 0.595. The van der Waals surface area contributed by atoms with E-state index in [1.807, 2.05) is 6.92 Å². The molecule has 0 aromatic heterocycles. The lowest BCUT2D eigenvalue weighted by molar-refractivity contribution is 0.102. The number of nitrogen functional groups attached to an aromatic ring is 1. The number of benzene rings is 2. The Morgan fingerprint density at radius 3 is 2.70 bits per heavy atom. The summed E-state index contributed by atoms with van der Waals surface area (Å²) in [5.41, 5.74) is 6.76. The Morgan fingerprint density at radius 1 is 1.30 bits per heavy atom. The van der Waals surface area contributed by atoms with Crippen molar-refractivity contribution in [3.8, 4) is 5.75 Å². The topological polar surface area (TPSA) is 75.3 Å². The van der Waals surface area contributed by atoms with Gasteiger partial charge in [-0.2, -0.15) is 0 Å². The molecule has 0 fully saturated rings. The lowest BCUT2D eigenvalue weighted by Gasteiger charge is -2.09. The Morgan fingerprint density at radius 2 is 2.05 bits per heavy atom. The number of hydrogen-bond acceptors (Lipinski definition) is 3. The molecule has 0 atom stereocenters. The van der Waals surface area contributed by atoms with Crippen molar-refractivity contribution in [2.45, 2.75) is 13.3 Å². The number of halogens is 1. The molecule has 5 heteroatoms. The van der Waals surface area contributed by atoms with Gasteiger partial charge in [0.05, 0.1) is 11.3 Å². The highest BCUT2D eigenvalue weighted by Gasteiger charge is 2.14. The molecule has 20 heavy (non-hydrogen) atoms. The van der Waals surface area contributed by atoms with Gasteiger partial charge < -0.3 is 16.2 Å². The average Bonchev–Trinajstić information content (AvgIpc) is 2.41. The second kappa shape index (κ2) is 5.61. The lowest BCUT2D eigenvalue weighted by Crippen LogP contribution is -2.14. The monoisotopic (exact) mass is 274 g/mol. The molecule has 4 N–H and O–H groups in total. The molecule has 0 aliphatic rings. The van der Waals surface area contributed by atoms with Crippen LogP contribution in [0.3, 0.4) is 0 Å². The van der Waals surface area contributed by atoms with Crippen LogP contribution in [0.4, 0.5) is 15.8 Å². The number of nitrogens with two attached hydrogens (primary N) is 1. The van der Waals surface area contributed by atoms with Gasteiger partial charge in [0.2, 0.25) is 0 Å². The van der Waals surface area contributed by atoms with Gasteiger partial charge >= 0.3 is 0 Å². The van der Waals surface area contributed by atoms with Gasteiger partial charge in [-0.25, -0.2) is 4.39 Å². The Labute approximate surface area is 116 Å². The van der Waals surface area contributed by atoms with Gasteiger partial charge in [-0.3, -0.25) is 4.79 Å². The predicted octanol–water partition coefficient (Wildman–Crippen LogP) is 2.93. The molecule has 0 bridgehead atoms. The third-order valence-electron chi connectivity index (χ3n) is 2.96. The summed E-state index contributed by atoms with van der Waals surface area (Å²) in [5.74, 6) is -1.40. The van der Waals surface area contributed by atoms with Crippen molar-refractivity contribution < 1.29 is 14.3 Å². The maximum atomic E-state index is 13.6. The van der Waals surface area contributed by atoms with Crippen LogP contribution in [0.1, 0.15) is 22.8 Å². The molecule has 1 amide bonds. The molecule has 2 aromatic carbocycles. The van der Waals surface area contributed by atoms with E-state index in [9.17, 15) is 14.3 Å². The van der Waals surface area contributed by atoms with Gasteiger partial charge in [-0.05, 0) is 42.3 Å². The minimum Gasteiger partial charge on any atom is -0.506 e. The number of phenolic OH excluding ortho intramolecular Hbond substituents is 1. The largest absolute Gasteiger partial charge is 0.506 e. The fraction of sp³-hybridized carbons (Fsp3) is 0.133. The van der Waals surface area contributed by atoms with Crippen molar-refractivity contribution in [1.29, 1.82) is 0 Å². The molecule has 104 valence electrons. The Hall–Kier alpha value is -2.56. The zero-order valence-electron chi connectivity index (χ0n) is 11.0. The molecule has 4 nitrogen and oxygen atoms in total. The first-order valence-electron chi connectivity index (χ1n) is 6.19. The number of nitrogens with one attached hydrogen (secondary N) is 1. The summed E-state index contributed by atoms with van der Waals surface area (Å²) in [4.78, 5) is 12.0. The maximum Gasteiger partial charge on any atom is 0.258 e. The highest BCUT2D eigenvalue weighted by Crippen LogP contribution is 2.25. The van der Waals surface area contributed by atoms with E-state index in [0.29, 0.717) is 0 Å². The molecule has 0 saturated carbocycles. The van der Waals surface area contributed by atoms with Crippen molar-refractivity contribution in [1.82, 2.24) is 0 Å². The van der Waals surface area contributed by atoms with E-state index in [0.717, 1.165) is 18.1 Å². The molecule has 2 rings (SSSR count). The molecule has 0 saturated heterocycles. The lowest BCUT2D eigenvalue weighted by atomic mass is 10.1. The van der Waals surface area contributed by atoms with Gasteiger partial charge in [0.25, 0.3) is 5.91 Å². The number of rotatable bonds is 3. The standard InChI is InChI=1S/C15H15FN2O2/c1-2-9-3-6-14(19)13(7-9)18-15(20)11-5-4-10(17)8-12(11)16/h3-8,19H,2,17H2,1H3,(H,18,20). The van der Waals surface area contributed by atoms with E-state index in [4.69, 9.17) is 5.73 Å². The van der Waals surface area contributed by atoms with Gasteiger partial charge in [0.1, 0.15) is 11.6 Å². The van der Waals surface area contributed by atoms with E-state index in [1.165, 1.54) is 18.2 Å². The third-order valence-corrected chi connectivity index (χ3v) is 2.96. The Bertz CT molecular complexity index is 656. The van der Waals surface area contributed by atoms with Crippen LogP contribution in [-0.4, -0.2) is 11.0 Å². The second-order valence-corrected chi connectivity index (χ2v) is 4.40. The number of amides is 1. The van der Waals surface area contributed by atoms with Crippen molar-refractivity contribution in [3.63, 3.8) is 0 Å². The van der Waals surface area contributed by atoms with Gasteiger partial charge in [-0.1, -0.05) is 13.0 Å². The molecular formula is C15H15FN2O2. The van der Waals surface area contributed by atoms with Crippen LogP contribution in [-0.2, 0) is 6.42 Å². The molecule has 2 aromatic rings. The molecule has 0 aliphatic carbocycles. The number of anilines is 2. The van der Waals surface area contributed by atoms with Crippen LogP contribution in [0.25, 0.3) is 0 Å². The van der Waals surface area contributed by atoms with Gasteiger partial charge in [0.15, 0.2) is 0 Å². The van der Waals surface area contributed by atoms with Crippen molar-refractivity contribution in [2.75, 3.05) is 11.1 Å². The van der Waals surface area contributed by atoms with E-state index < -0.39 is 11.7 Å². The smallest absolute Gasteiger partial charge is 0.258 e. The first-order chi connectivity index (χ1) is 9.51. The molecule has 0 spiro atoms. The van der Waals surface area contributed by atoms with Crippen LogP contribution in [0.15, 0.2) is 36.4 Å². The van der Waals surface area contributed by atoms with Gasteiger partial charge in [-0.15, -0.1) is 0 Å². The molecule has 0 heterocycles. The summed E-state index contributed by atoms with van der Waals surface area (Å²) in [6, 6.07) is 8.74. The van der Waals surface area contributed by atoms with Crippen LogP contribution in [0.5, 0.6) is 5.75 Å². The van der Waals surface area contributed by atoms with Crippen LogP contribution < -0.4 is 11.1 Å². The highest BCUT2D eigenvalue weighted by molar-refractivity contribution is 6.05. The zero-order valence-corrected chi connectivity index (χ0v) is 11.0. The fourth-order valence-corrected chi connectivity index (χ4v) is 1.81. The number of aromatic hydroxyl groups is 1. The van der Waals surface area contributed by atoms with Crippen LogP contribution in [0, 0.1) is 5.82 Å². The van der Waals surface area contributed by atoms with E-state index in [2.05, 4.69) is 5.32 Å². The summed E-state index contributed by atoms with van der Waals surface area (Å²) in [6.45, 7) is 1.96. The van der Waals surface area contributed by atoms with Crippen LogP contribution >= 0.6 is 0 Å². The number of carbonyl (C=O) groups excluding carboxylic acids is 1. The summed E-state index contributed by atoms with van der Waals surface area (Å²) in [5, 5.41) is 12.2. The molecule has 0 aliphatic heterocycles. The molecule has 0 radical (unpaired) electrons. The number of carbonyl (C=O) groups is 1. The minimum absolute atomic E-state index is 0.0635. The number of hydrogen-bond donors (Lipinski definition) is 3. The second-order valence-electron chi connectivity index (χ2n) is 4.40. The predicted molar refractivity (Wildman–Crippen MR) is 76.3 cm³/mol. The van der Waals surface area contributed by atoms with Crippen molar-refractivity contribution in [2.24, 2.45) is 0 Å². The Kier molecular flexibility index (Phi) is 3.89. The van der Waals surface area contributed by atoms with E-state index in [-0.39, 0.29) is 22.7 Å². The summed E-state index contributed by atoms with van der Waals surface area (Å²) in [7, 11) is 0. The van der Waals surface area contributed by atoms with Crippen molar-refractivity contribution in [3.05, 3.63) is 53.3 Å². The first kappa shape index (κ1) is 13.9. The Balaban J connectivity index is 2.27. The highest BCUT2D eigenvalue weighted by atomic mass is 19.1. The van der Waals surface area contributed by atoms with Gasteiger partial charge in [0, 0.05) is 5.69 Å². The zero-order chi connectivity index (χ0) is 14.7. The number of phenols is 1. The summed E-state index contributed by atoms with van der Waals surface area (Å²) >= 11 is 0. The summed E-state index contributed by atoms with van der Waals surface area (Å²) < 4.78 is 13.6. The van der Waals surface area contributed by atoms with E-state index >= 15 is 0 Å². The summed E-state index contributed by atoms with van der Waals surface area (Å²) in [6.07, 6.45) is 0.763. The number of aryl methyl sites for hydroxylation is 1. The molecule has 0 unspecified atom stereocenters. The van der Waals surface area contributed by atoms with E-state index in [1.54, 1.807) is 12.1 Å². The minimum atomic E-state index is -0.700. The third kappa shape index (κ3) is 2.88. The van der Waals surface area contributed by atoms with Crippen LogP contribution in [0.2, 0.25) is 0 Å². The maximum absolute atomic E-state index is 13.6. The average molecular weight is 274 g/mol. The first-order valence-corrected chi connectivity index (χ1v) is 6.19. The SMILES string of the molecule is CCc1ccc(O)c(NC(=O)c2ccc(N)cc2F)c1. The van der Waals surface area contributed by atoms with Crippen molar-refractivity contribution >= 4 is 17.3 Å². The normalized spacial score (nSPS) is 10.3. The fourth-order valence-electron chi connectivity index (χ4n) is 1.81. The molecular weight excluding hydrogens is 259 g/mol.